The molecule has 1 heterocycles. The highest BCUT2D eigenvalue weighted by Gasteiger charge is 2.19. The number of benzene rings is 2. The Morgan fingerprint density at radius 3 is 2.50 bits per heavy atom. The van der Waals surface area contributed by atoms with Gasteiger partial charge >= 0.3 is 0 Å². The van der Waals surface area contributed by atoms with Gasteiger partial charge in [-0.25, -0.2) is 9.07 Å². The molecule has 6 nitrogen and oxygen atoms in total. The number of carbonyl (C=O) groups is 2. The van der Waals surface area contributed by atoms with Gasteiger partial charge in [-0.15, -0.1) is 0 Å². The van der Waals surface area contributed by atoms with Crippen LogP contribution in [0.5, 0.6) is 0 Å². The SMILES string of the molecule is Cc1cc(C(=O)NC2CCCCC2)ccc1NC(=O)c1cnn(-c2ccccc2F)c1C. The number of amides is 2. The number of aryl methyl sites for hydroxylation is 1. The van der Waals surface area contributed by atoms with Crippen molar-refractivity contribution in [1.82, 2.24) is 15.1 Å². The minimum atomic E-state index is -0.413. The minimum absolute atomic E-state index is 0.0834. The largest absolute Gasteiger partial charge is 0.349 e. The van der Waals surface area contributed by atoms with Gasteiger partial charge in [0.25, 0.3) is 11.8 Å². The van der Waals surface area contributed by atoms with E-state index >= 15 is 0 Å². The van der Waals surface area contributed by atoms with Gasteiger partial charge in [-0.1, -0.05) is 31.4 Å². The van der Waals surface area contributed by atoms with Crippen LogP contribution in [-0.4, -0.2) is 27.6 Å². The molecule has 0 unspecified atom stereocenters. The van der Waals surface area contributed by atoms with Crippen LogP contribution in [0.3, 0.4) is 0 Å². The number of halogens is 1. The highest BCUT2D eigenvalue weighted by atomic mass is 19.1. The maximum absolute atomic E-state index is 14.1. The van der Waals surface area contributed by atoms with Crippen LogP contribution < -0.4 is 10.6 Å². The van der Waals surface area contributed by atoms with Gasteiger partial charge in [-0.3, -0.25) is 9.59 Å². The lowest BCUT2D eigenvalue weighted by Gasteiger charge is -2.23. The predicted octanol–water partition coefficient (Wildman–Crippen LogP) is 4.94. The molecular formula is C25H27FN4O2. The molecular weight excluding hydrogens is 407 g/mol. The lowest BCUT2D eigenvalue weighted by molar-refractivity contribution is 0.0927. The molecule has 32 heavy (non-hydrogen) atoms. The summed E-state index contributed by atoms with van der Waals surface area (Å²) in [4.78, 5) is 25.5. The number of carbonyl (C=O) groups excluding carboxylic acids is 2. The summed E-state index contributed by atoms with van der Waals surface area (Å²) in [5.74, 6) is -0.837. The molecule has 4 rings (SSSR count). The third kappa shape index (κ3) is 4.56. The Kier molecular flexibility index (Phi) is 6.35. The summed E-state index contributed by atoms with van der Waals surface area (Å²) in [7, 11) is 0. The van der Waals surface area contributed by atoms with Gasteiger partial charge in [0.1, 0.15) is 11.5 Å². The lowest BCUT2D eigenvalue weighted by Crippen LogP contribution is -2.36. The Morgan fingerprint density at radius 1 is 1.03 bits per heavy atom. The van der Waals surface area contributed by atoms with Crippen molar-refractivity contribution in [3.8, 4) is 5.69 Å². The van der Waals surface area contributed by atoms with Crippen molar-refractivity contribution in [2.24, 2.45) is 0 Å². The average Bonchev–Trinajstić information content (AvgIpc) is 3.17. The summed E-state index contributed by atoms with van der Waals surface area (Å²) in [5.41, 5.74) is 3.15. The molecule has 1 fully saturated rings. The fourth-order valence-electron chi connectivity index (χ4n) is 4.15. The third-order valence-electron chi connectivity index (χ3n) is 6.01. The first kappa shape index (κ1) is 21.7. The van der Waals surface area contributed by atoms with Crippen molar-refractivity contribution >= 4 is 17.5 Å². The zero-order valence-electron chi connectivity index (χ0n) is 18.3. The van der Waals surface area contributed by atoms with Crippen molar-refractivity contribution < 1.29 is 14.0 Å². The maximum Gasteiger partial charge on any atom is 0.259 e. The molecule has 0 atom stereocenters. The Hall–Kier alpha value is -3.48. The molecule has 7 heteroatoms. The Labute approximate surface area is 186 Å². The van der Waals surface area contributed by atoms with Crippen LogP contribution in [0, 0.1) is 19.7 Å². The molecule has 1 saturated carbocycles. The first-order chi connectivity index (χ1) is 15.4. The van der Waals surface area contributed by atoms with E-state index in [4.69, 9.17) is 0 Å². The van der Waals surface area contributed by atoms with Crippen LogP contribution in [0.4, 0.5) is 10.1 Å². The summed E-state index contributed by atoms with van der Waals surface area (Å²) in [5, 5.41) is 10.2. The summed E-state index contributed by atoms with van der Waals surface area (Å²) in [6.07, 6.45) is 7.03. The first-order valence-electron chi connectivity index (χ1n) is 11.0. The maximum atomic E-state index is 14.1. The van der Waals surface area contributed by atoms with Gasteiger partial charge < -0.3 is 10.6 Å². The van der Waals surface area contributed by atoms with E-state index in [0.29, 0.717) is 22.5 Å². The fraction of sp³-hybridized carbons (Fsp3) is 0.320. The van der Waals surface area contributed by atoms with Crippen LogP contribution in [-0.2, 0) is 0 Å². The van der Waals surface area contributed by atoms with Gasteiger partial charge in [0.05, 0.1) is 17.5 Å². The van der Waals surface area contributed by atoms with E-state index < -0.39 is 5.82 Å². The number of nitrogens with zero attached hydrogens (tertiary/aromatic N) is 2. The van der Waals surface area contributed by atoms with Crippen molar-refractivity contribution in [1.29, 1.82) is 0 Å². The fourth-order valence-corrected chi connectivity index (χ4v) is 4.15. The van der Waals surface area contributed by atoms with Gasteiger partial charge in [0.2, 0.25) is 0 Å². The normalized spacial score (nSPS) is 14.2. The molecule has 0 spiro atoms. The monoisotopic (exact) mass is 434 g/mol. The van der Waals surface area contributed by atoms with Gasteiger partial charge in [-0.2, -0.15) is 5.10 Å². The number of hydrogen-bond acceptors (Lipinski definition) is 3. The minimum Gasteiger partial charge on any atom is -0.349 e. The smallest absolute Gasteiger partial charge is 0.259 e. The van der Waals surface area contributed by atoms with Gasteiger partial charge in [-0.05, 0) is 62.6 Å². The highest BCUT2D eigenvalue weighted by Crippen LogP contribution is 2.22. The number of anilines is 1. The second-order valence-corrected chi connectivity index (χ2v) is 8.30. The Bertz CT molecular complexity index is 1150. The molecule has 0 saturated heterocycles. The first-order valence-corrected chi connectivity index (χ1v) is 11.0. The number of para-hydroxylation sites is 1. The Balaban J connectivity index is 1.47. The van der Waals surface area contributed by atoms with E-state index in [1.54, 1.807) is 43.3 Å². The molecule has 3 aromatic rings. The molecule has 0 aliphatic heterocycles. The van der Waals surface area contributed by atoms with Crippen molar-refractivity contribution in [2.45, 2.75) is 52.0 Å². The van der Waals surface area contributed by atoms with E-state index in [9.17, 15) is 14.0 Å². The van der Waals surface area contributed by atoms with Gasteiger partial charge in [0.15, 0.2) is 0 Å². The van der Waals surface area contributed by atoms with Crippen molar-refractivity contribution in [3.63, 3.8) is 0 Å². The molecule has 0 radical (unpaired) electrons. The zero-order chi connectivity index (χ0) is 22.7. The summed E-state index contributed by atoms with van der Waals surface area (Å²) in [6, 6.07) is 11.8. The van der Waals surface area contributed by atoms with Crippen LogP contribution in [0.2, 0.25) is 0 Å². The lowest BCUT2D eigenvalue weighted by atomic mass is 9.95. The van der Waals surface area contributed by atoms with E-state index in [1.807, 2.05) is 6.92 Å². The quantitative estimate of drug-likeness (QED) is 0.597. The molecule has 1 aliphatic carbocycles. The molecule has 166 valence electrons. The standard InChI is InChI=1S/C25H27FN4O2/c1-16-14-18(24(31)28-19-8-4-3-5-9-19)12-13-22(16)29-25(32)20-15-27-30(17(20)2)23-11-7-6-10-21(23)26/h6-7,10-15,19H,3-5,8-9H2,1-2H3,(H,28,31)(H,29,32). The molecule has 2 aromatic carbocycles. The molecule has 1 aromatic heterocycles. The number of rotatable bonds is 5. The zero-order valence-corrected chi connectivity index (χ0v) is 18.3. The van der Waals surface area contributed by atoms with E-state index in [-0.39, 0.29) is 23.5 Å². The van der Waals surface area contributed by atoms with Gasteiger partial charge in [0, 0.05) is 17.3 Å². The topological polar surface area (TPSA) is 76.0 Å². The molecule has 0 bridgehead atoms. The summed E-state index contributed by atoms with van der Waals surface area (Å²) in [6.45, 7) is 3.57. The average molecular weight is 435 g/mol. The Morgan fingerprint density at radius 2 is 1.78 bits per heavy atom. The van der Waals surface area contributed by atoms with Crippen molar-refractivity contribution in [3.05, 3.63) is 76.9 Å². The van der Waals surface area contributed by atoms with Crippen LogP contribution in [0.15, 0.2) is 48.7 Å². The highest BCUT2D eigenvalue weighted by molar-refractivity contribution is 6.05. The van der Waals surface area contributed by atoms with E-state index in [0.717, 1.165) is 31.2 Å². The van der Waals surface area contributed by atoms with E-state index in [2.05, 4.69) is 15.7 Å². The molecule has 1 aliphatic rings. The summed E-state index contributed by atoms with van der Waals surface area (Å²) < 4.78 is 15.5. The second-order valence-electron chi connectivity index (χ2n) is 8.30. The van der Waals surface area contributed by atoms with E-state index in [1.165, 1.54) is 23.4 Å². The summed E-state index contributed by atoms with van der Waals surface area (Å²) >= 11 is 0. The molecule has 2 amide bonds. The molecule has 2 N–H and O–H groups in total. The number of hydrogen-bond donors (Lipinski definition) is 2. The van der Waals surface area contributed by atoms with Crippen molar-refractivity contribution in [2.75, 3.05) is 5.32 Å². The number of aromatic nitrogens is 2. The van der Waals surface area contributed by atoms with Crippen LogP contribution >= 0.6 is 0 Å². The van der Waals surface area contributed by atoms with Crippen LogP contribution in [0.1, 0.15) is 64.1 Å². The number of nitrogens with one attached hydrogen (secondary N) is 2. The third-order valence-corrected chi connectivity index (χ3v) is 6.01. The van der Waals surface area contributed by atoms with Crippen LogP contribution in [0.25, 0.3) is 5.69 Å². The second kappa shape index (κ2) is 9.34. The predicted molar refractivity (Wildman–Crippen MR) is 122 cm³/mol.